The summed E-state index contributed by atoms with van der Waals surface area (Å²) in [7, 11) is 0. The highest BCUT2D eigenvalue weighted by molar-refractivity contribution is 6.12. The average molecular weight is 211 g/mol. The minimum absolute atomic E-state index is 0.0196. The number of rotatable bonds is 3. The molecule has 0 radical (unpaired) electrons. The van der Waals surface area contributed by atoms with E-state index in [9.17, 15) is 4.79 Å². The molecule has 0 N–H and O–H groups in total. The minimum atomic E-state index is 0.0196. The highest BCUT2D eigenvalue weighted by atomic mass is 16.1. The average Bonchev–Trinajstić information content (AvgIpc) is 2.35. The Kier molecular flexibility index (Phi) is 3.10. The Morgan fingerprint density at radius 3 is 2.94 bits per heavy atom. The van der Waals surface area contributed by atoms with E-state index >= 15 is 0 Å². The van der Waals surface area contributed by atoms with Gasteiger partial charge < -0.3 is 0 Å². The van der Waals surface area contributed by atoms with Crippen LogP contribution in [0.1, 0.15) is 23.7 Å². The topological polar surface area (TPSA) is 30.0 Å². The molecule has 0 spiro atoms. The van der Waals surface area contributed by atoms with Crippen LogP contribution in [-0.4, -0.2) is 10.8 Å². The lowest BCUT2D eigenvalue weighted by atomic mass is 10.1. The summed E-state index contributed by atoms with van der Waals surface area (Å²) in [6, 6.07) is 9.50. The Morgan fingerprint density at radius 2 is 2.12 bits per heavy atom. The summed E-state index contributed by atoms with van der Waals surface area (Å²) in [6.07, 6.45) is 6.06. The van der Waals surface area contributed by atoms with Crippen molar-refractivity contribution in [1.82, 2.24) is 4.98 Å². The molecule has 0 aliphatic carbocycles. The van der Waals surface area contributed by atoms with E-state index in [1.807, 2.05) is 43.3 Å². The molecular weight excluding hydrogens is 198 g/mol. The second-order valence-corrected chi connectivity index (χ2v) is 3.56. The number of benzene rings is 1. The third kappa shape index (κ3) is 2.01. The third-order valence-electron chi connectivity index (χ3n) is 2.40. The molecule has 0 amide bonds. The van der Waals surface area contributed by atoms with E-state index in [4.69, 9.17) is 0 Å². The summed E-state index contributed by atoms with van der Waals surface area (Å²) in [5, 5.41) is 0.998. The first-order valence-corrected chi connectivity index (χ1v) is 5.37. The van der Waals surface area contributed by atoms with Crippen LogP contribution in [0.5, 0.6) is 0 Å². The van der Waals surface area contributed by atoms with Crippen molar-refractivity contribution in [2.24, 2.45) is 0 Å². The van der Waals surface area contributed by atoms with Gasteiger partial charge in [-0.3, -0.25) is 9.78 Å². The van der Waals surface area contributed by atoms with Crippen LogP contribution in [0.25, 0.3) is 10.9 Å². The van der Waals surface area contributed by atoms with Gasteiger partial charge in [0, 0.05) is 17.1 Å². The van der Waals surface area contributed by atoms with Crippen LogP contribution in [0.15, 0.2) is 48.7 Å². The molecule has 0 unspecified atom stereocenters. The van der Waals surface area contributed by atoms with Crippen molar-refractivity contribution in [2.75, 3.05) is 0 Å². The van der Waals surface area contributed by atoms with Gasteiger partial charge in [-0.25, -0.2) is 0 Å². The van der Waals surface area contributed by atoms with Gasteiger partial charge in [-0.15, -0.1) is 0 Å². The second kappa shape index (κ2) is 4.71. The van der Waals surface area contributed by atoms with Crippen LogP contribution < -0.4 is 0 Å². The van der Waals surface area contributed by atoms with E-state index < -0.39 is 0 Å². The van der Waals surface area contributed by atoms with Crippen molar-refractivity contribution in [3.63, 3.8) is 0 Å². The largest absolute Gasteiger partial charge is 0.289 e. The van der Waals surface area contributed by atoms with Crippen molar-refractivity contribution in [3.05, 3.63) is 54.2 Å². The molecule has 0 aliphatic heterocycles. The molecule has 2 nitrogen and oxygen atoms in total. The monoisotopic (exact) mass is 211 g/mol. The number of para-hydroxylation sites is 1. The maximum Gasteiger partial charge on any atom is 0.187 e. The van der Waals surface area contributed by atoms with Gasteiger partial charge in [0.25, 0.3) is 0 Å². The quantitative estimate of drug-likeness (QED) is 0.575. The van der Waals surface area contributed by atoms with Gasteiger partial charge in [0.15, 0.2) is 5.78 Å². The molecule has 0 fully saturated rings. The third-order valence-corrected chi connectivity index (χ3v) is 2.40. The number of fused-ring (bicyclic) bond motifs is 1. The predicted molar refractivity (Wildman–Crippen MR) is 65.5 cm³/mol. The lowest BCUT2D eigenvalue weighted by molar-refractivity contribution is 0.104. The standard InChI is InChI=1S/C14H13NO/c1-2-3-9-13(16)12-8-4-6-11-7-5-10-15-14(11)12/h3-10H,2H2,1H3/b9-3+. The molecule has 2 heteroatoms. The molecule has 2 aromatic rings. The summed E-state index contributed by atoms with van der Waals surface area (Å²) < 4.78 is 0. The SMILES string of the molecule is CC/C=C/C(=O)c1cccc2cccnc12. The molecule has 1 aromatic carbocycles. The summed E-state index contributed by atoms with van der Waals surface area (Å²) in [5.41, 5.74) is 1.44. The van der Waals surface area contributed by atoms with E-state index in [1.165, 1.54) is 0 Å². The van der Waals surface area contributed by atoms with Crippen molar-refractivity contribution in [2.45, 2.75) is 13.3 Å². The maximum absolute atomic E-state index is 11.9. The molecule has 0 atom stereocenters. The zero-order valence-corrected chi connectivity index (χ0v) is 9.18. The molecule has 80 valence electrons. The number of nitrogens with zero attached hydrogens (tertiary/aromatic N) is 1. The van der Waals surface area contributed by atoms with Crippen LogP contribution in [0, 0.1) is 0 Å². The van der Waals surface area contributed by atoms with Crippen LogP contribution in [-0.2, 0) is 0 Å². The number of hydrogen-bond donors (Lipinski definition) is 0. The zero-order chi connectivity index (χ0) is 11.4. The predicted octanol–water partition coefficient (Wildman–Crippen LogP) is 3.38. The molecule has 1 heterocycles. The minimum Gasteiger partial charge on any atom is -0.289 e. The Hall–Kier alpha value is -1.96. The van der Waals surface area contributed by atoms with Crippen LogP contribution in [0.3, 0.4) is 0 Å². The summed E-state index contributed by atoms with van der Waals surface area (Å²) in [4.78, 5) is 16.1. The Bertz CT molecular complexity index is 538. The van der Waals surface area contributed by atoms with Crippen molar-refractivity contribution < 1.29 is 4.79 Å². The number of aromatic nitrogens is 1. The highest BCUT2D eigenvalue weighted by Crippen LogP contribution is 2.16. The van der Waals surface area contributed by atoms with Crippen molar-refractivity contribution >= 4 is 16.7 Å². The number of allylic oxidation sites excluding steroid dienone is 2. The first kappa shape index (κ1) is 10.6. The van der Waals surface area contributed by atoms with Crippen LogP contribution >= 0.6 is 0 Å². The zero-order valence-electron chi connectivity index (χ0n) is 9.18. The summed E-state index contributed by atoms with van der Waals surface area (Å²) >= 11 is 0. The van der Waals surface area contributed by atoms with Crippen molar-refractivity contribution in [3.8, 4) is 0 Å². The van der Waals surface area contributed by atoms with Gasteiger partial charge in [0.1, 0.15) is 0 Å². The second-order valence-electron chi connectivity index (χ2n) is 3.56. The molecule has 2 rings (SSSR count). The number of pyridine rings is 1. The molecule has 0 bridgehead atoms. The fourth-order valence-electron chi connectivity index (χ4n) is 1.62. The first-order valence-electron chi connectivity index (χ1n) is 5.37. The number of ketones is 1. The molecule has 0 saturated heterocycles. The van der Waals surface area contributed by atoms with Gasteiger partial charge in [-0.1, -0.05) is 31.2 Å². The Morgan fingerprint density at radius 1 is 1.31 bits per heavy atom. The van der Waals surface area contributed by atoms with Gasteiger partial charge >= 0.3 is 0 Å². The van der Waals surface area contributed by atoms with Gasteiger partial charge in [-0.2, -0.15) is 0 Å². The number of hydrogen-bond acceptors (Lipinski definition) is 2. The van der Waals surface area contributed by atoms with Gasteiger partial charge in [-0.05, 0) is 24.6 Å². The fraction of sp³-hybridized carbons (Fsp3) is 0.143. The van der Waals surface area contributed by atoms with Gasteiger partial charge in [0.2, 0.25) is 0 Å². The molecule has 0 aliphatic rings. The Labute approximate surface area is 94.6 Å². The molecular formula is C14H13NO. The lowest BCUT2D eigenvalue weighted by Crippen LogP contribution is -1.96. The fourth-order valence-corrected chi connectivity index (χ4v) is 1.62. The van der Waals surface area contributed by atoms with E-state index in [0.29, 0.717) is 5.56 Å². The number of carbonyl (C=O) groups is 1. The normalized spacial score (nSPS) is 11.1. The first-order chi connectivity index (χ1) is 7.83. The molecule has 0 saturated carbocycles. The number of carbonyl (C=O) groups excluding carboxylic acids is 1. The van der Waals surface area contributed by atoms with Crippen LogP contribution in [0.2, 0.25) is 0 Å². The van der Waals surface area contributed by atoms with E-state index in [-0.39, 0.29) is 5.78 Å². The maximum atomic E-state index is 11.9. The molecule has 1 aromatic heterocycles. The van der Waals surface area contributed by atoms with Crippen LogP contribution in [0.4, 0.5) is 0 Å². The van der Waals surface area contributed by atoms with Crippen molar-refractivity contribution in [1.29, 1.82) is 0 Å². The molecule has 16 heavy (non-hydrogen) atoms. The highest BCUT2D eigenvalue weighted by Gasteiger charge is 2.06. The summed E-state index contributed by atoms with van der Waals surface area (Å²) in [6.45, 7) is 2.01. The lowest BCUT2D eigenvalue weighted by Gasteiger charge is -2.01. The summed E-state index contributed by atoms with van der Waals surface area (Å²) in [5.74, 6) is 0.0196. The van der Waals surface area contributed by atoms with E-state index in [0.717, 1.165) is 17.3 Å². The smallest absolute Gasteiger partial charge is 0.187 e. The Balaban J connectivity index is 2.52. The van der Waals surface area contributed by atoms with E-state index in [2.05, 4.69) is 4.98 Å². The van der Waals surface area contributed by atoms with Gasteiger partial charge in [0.05, 0.1) is 5.52 Å². The van der Waals surface area contributed by atoms with E-state index in [1.54, 1.807) is 12.3 Å².